The van der Waals surface area contributed by atoms with Crippen LogP contribution in [0.2, 0.25) is 0 Å². The monoisotopic (exact) mass is 655 g/mol. The lowest BCUT2D eigenvalue weighted by molar-refractivity contribution is -0.117. The lowest BCUT2D eigenvalue weighted by atomic mass is 9.95. The van der Waals surface area contributed by atoms with Gasteiger partial charge in [-0.1, -0.05) is 91.0 Å². The van der Waals surface area contributed by atoms with E-state index in [1.807, 2.05) is 13.0 Å². The summed E-state index contributed by atoms with van der Waals surface area (Å²) >= 11 is 2.72. The summed E-state index contributed by atoms with van der Waals surface area (Å²) in [5.41, 5.74) is 3.16. The number of carbonyl (C=O) groups is 2. The zero-order valence-corrected chi connectivity index (χ0v) is 27.5. The molecule has 0 aliphatic carbocycles. The molecule has 1 N–H and O–H groups in total. The van der Waals surface area contributed by atoms with E-state index in [0.717, 1.165) is 12.0 Å². The Morgan fingerprint density at radius 3 is 2.63 bits per heavy atom. The van der Waals surface area contributed by atoms with Crippen molar-refractivity contribution in [2.45, 2.75) is 43.3 Å². The Morgan fingerprint density at radius 2 is 1.87 bits per heavy atom. The number of amides is 1. The number of anilines is 1. The van der Waals surface area contributed by atoms with Gasteiger partial charge >= 0.3 is 0 Å². The van der Waals surface area contributed by atoms with Crippen molar-refractivity contribution < 1.29 is 28.6 Å². The summed E-state index contributed by atoms with van der Waals surface area (Å²) in [5, 5.41) is 20.9. The predicted molar refractivity (Wildman–Crippen MR) is 179 cm³/mol. The van der Waals surface area contributed by atoms with Crippen molar-refractivity contribution in [2.75, 3.05) is 18.6 Å². The maximum absolute atomic E-state index is 14.2. The van der Waals surface area contributed by atoms with Gasteiger partial charge in [-0.25, -0.2) is 0 Å². The second-order valence-electron chi connectivity index (χ2n) is 11.4. The smallest absolute Gasteiger partial charge is 0.296 e. The van der Waals surface area contributed by atoms with Crippen molar-refractivity contribution in [3.05, 3.63) is 107 Å². The van der Waals surface area contributed by atoms with Gasteiger partial charge in [-0.3, -0.25) is 14.5 Å². The highest BCUT2D eigenvalue weighted by molar-refractivity contribution is 8.00. The fourth-order valence-corrected chi connectivity index (χ4v) is 6.99. The van der Waals surface area contributed by atoms with Crippen LogP contribution in [0.25, 0.3) is 11.0 Å². The molecule has 1 aliphatic rings. The molecule has 9 nitrogen and oxygen atoms in total. The van der Waals surface area contributed by atoms with Crippen LogP contribution in [-0.2, 0) is 10.5 Å². The van der Waals surface area contributed by atoms with Crippen LogP contribution < -0.4 is 14.4 Å². The van der Waals surface area contributed by atoms with Crippen molar-refractivity contribution in [3.63, 3.8) is 0 Å². The number of hydrogen-bond donors (Lipinski definition) is 1. The highest BCUT2D eigenvalue weighted by Crippen LogP contribution is 2.45. The van der Waals surface area contributed by atoms with Gasteiger partial charge in [0, 0.05) is 11.1 Å². The molecule has 5 aromatic rings. The molecule has 1 aliphatic heterocycles. The standard InChI is InChI=1S/C35H33N3O6S2/c1-20(2)15-16-43-25-9-5-7-23(17-25)29-28(30(39)27-18-24-8-6-10-26(42-4)32(24)44-27)31(40)33(41)38(29)34-36-37-35(46-34)45-19-22-13-11-21(3)12-14-22/h5-14,17-18,20,29,40H,15-16,19H2,1-4H3. The molecule has 3 aromatic carbocycles. The number of ketones is 1. The number of para-hydroxylation sites is 1. The molecule has 0 spiro atoms. The molecule has 2 aromatic heterocycles. The van der Waals surface area contributed by atoms with E-state index in [-0.39, 0.29) is 16.5 Å². The number of thioether (sulfide) groups is 1. The van der Waals surface area contributed by atoms with Crippen molar-refractivity contribution >= 4 is 50.9 Å². The molecule has 11 heteroatoms. The summed E-state index contributed by atoms with van der Waals surface area (Å²) in [6.45, 7) is 6.80. The van der Waals surface area contributed by atoms with E-state index in [2.05, 4.69) is 48.3 Å². The molecule has 1 atom stereocenters. The molecular formula is C35H33N3O6S2. The van der Waals surface area contributed by atoms with Crippen LogP contribution in [0.4, 0.5) is 5.13 Å². The molecule has 1 unspecified atom stereocenters. The number of nitrogens with zero attached hydrogens (tertiary/aromatic N) is 3. The van der Waals surface area contributed by atoms with E-state index >= 15 is 0 Å². The zero-order valence-electron chi connectivity index (χ0n) is 25.9. The first-order valence-electron chi connectivity index (χ1n) is 14.9. The van der Waals surface area contributed by atoms with Crippen LogP contribution in [0, 0.1) is 12.8 Å². The number of fused-ring (bicyclic) bond motifs is 1. The Balaban J connectivity index is 1.36. The molecule has 0 fully saturated rings. The van der Waals surface area contributed by atoms with Crippen LogP contribution in [-0.4, -0.2) is 40.7 Å². The molecule has 0 saturated carbocycles. The lowest BCUT2D eigenvalue weighted by Crippen LogP contribution is -2.31. The molecule has 236 valence electrons. The fraction of sp³-hybridized carbons (Fsp3) is 0.257. The topological polar surface area (TPSA) is 115 Å². The number of benzene rings is 3. The number of aliphatic hydroxyl groups excluding tert-OH is 1. The number of ether oxygens (including phenoxy) is 2. The molecule has 6 rings (SSSR count). The van der Waals surface area contributed by atoms with E-state index in [1.165, 1.54) is 40.7 Å². The Labute approximate surface area is 274 Å². The molecule has 0 saturated heterocycles. The van der Waals surface area contributed by atoms with Crippen LogP contribution in [0.3, 0.4) is 0 Å². The number of aryl methyl sites for hydroxylation is 1. The van der Waals surface area contributed by atoms with Crippen LogP contribution in [0.1, 0.15) is 53.6 Å². The van der Waals surface area contributed by atoms with Gasteiger partial charge in [-0.05, 0) is 54.7 Å². The van der Waals surface area contributed by atoms with Crippen molar-refractivity contribution in [1.82, 2.24) is 10.2 Å². The van der Waals surface area contributed by atoms with Gasteiger partial charge in [0.1, 0.15) is 5.75 Å². The third kappa shape index (κ3) is 6.38. The van der Waals surface area contributed by atoms with E-state index in [4.69, 9.17) is 13.9 Å². The van der Waals surface area contributed by atoms with Gasteiger partial charge in [0.15, 0.2) is 27.2 Å². The fourth-order valence-electron chi connectivity index (χ4n) is 5.17. The van der Waals surface area contributed by atoms with Gasteiger partial charge in [0.25, 0.3) is 5.91 Å². The Hall–Kier alpha value is -4.61. The number of Topliss-reactive ketones (excluding diaryl/α,β-unsaturated/α-hetero) is 1. The first-order chi connectivity index (χ1) is 22.2. The third-order valence-electron chi connectivity index (χ3n) is 7.63. The molecular weight excluding hydrogens is 623 g/mol. The van der Waals surface area contributed by atoms with Gasteiger partial charge in [-0.15, -0.1) is 10.2 Å². The predicted octanol–water partition coefficient (Wildman–Crippen LogP) is 8.10. The Bertz CT molecular complexity index is 1930. The van der Waals surface area contributed by atoms with E-state index in [1.54, 1.807) is 42.5 Å². The number of rotatable bonds is 12. The Kier molecular flexibility index (Phi) is 9.14. The van der Waals surface area contributed by atoms with Crippen molar-refractivity contribution in [3.8, 4) is 11.5 Å². The van der Waals surface area contributed by atoms with E-state index < -0.39 is 23.5 Å². The number of aromatic nitrogens is 2. The first kappa shape index (κ1) is 31.4. The first-order valence-corrected chi connectivity index (χ1v) is 16.7. The second kappa shape index (κ2) is 13.4. The maximum atomic E-state index is 14.2. The van der Waals surface area contributed by atoms with Gasteiger partial charge in [-0.2, -0.15) is 0 Å². The molecule has 3 heterocycles. The largest absolute Gasteiger partial charge is 0.503 e. The van der Waals surface area contributed by atoms with E-state index in [9.17, 15) is 14.7 Å². The minimum Gasteiger partial charge on any atom is -0.503 e. The summed E-state index contributed by atoms with van der Waals surface area (Å²) in [4.78, 5) is 29.3. The molecule has 1 amide bonds. The van der Waals surface area contributed by atoms with Gasteiger partial charge in [0.05, 0.1) is 25.3 Å². The summed E-state index contributed by atoms with van der Waals surface area (Å²) in [7, 11) is 1.52. The van der Waals surface area contributed by atoms with Crippen LogP contribution in [0.5, 0.6) is 11.5 Å². The summed E-state index contributed by atoms with van der Waals surface area (Å²) in [5.74, 6) is 0.114. The quantitative estimate of drug-likeness (QED) is 0.0809. The van der Waals surface area contributed by atoms with Gasteiger partial charge in [0.2, 0.25) is 10.9 Å². The highest BCUT2D eigenvalue weighted by Gasteiger charge is 2.47. The lowest BCUT2D eigenvalue weighted by Gasteiger charge is -2.24. The van der Waals surface area contributed by atoms with Crippen LogP contribution >= 0.6 is 23.1 Å². The van der Waals surface area contributed by atoms with Gasteiger partial charge < -0.3 is 19.0 Å². The molecule has 46 heavy (non-hydrogen) atoms. The third-order valence-corrected chi connectivity index (χ3v) is 9.75. The van der Waals surface area contributed by atoms with Crippen molar-refractivity contribution in [1.29, 1.82) is 0 Å². The average Bonchev–Trinajstić information content (AvgIpc) is 3.77. The highest BCUT2D eigenvalue weighted by atomic mass is 32.2. The normalized spacial score (nSPS) is 14.9. The second-order valence-corrected chi connectivity index (χ2v) is 13.6. The number of carbonyl (C=O) groups excluding carboxylic acids is 2. The number of methoxy groups -OCH3 is 1. The van der Waals surface area contributed by atoms with Crippen LogP contribution in [0.15, 0.2) is 92.9 Å². The minimum atomic E-state index is -1.01. The SMILES string of the molecule is COc1cccc2cc(C(=O)C3=C(O)C(=O)N(c4nnc(SCc5ccc(C)cc5)s4)C3c3cccc(OCCC(C)C)c3)oc12. The Morgan fingerprint density at radius 1 is 1.09 bits per heavy atom. The van der Waals surface area contributed by atoms with E-state index in [0.29, 0.717) is 50.6 Å². The summed E-state index contributed by atoms with van der Waals surface area (Å²) in [6.07, 6.45) is 0.867. The van der Waals surface area contributed by atoms with Crippen molar-refractivity contribution in [2.24, 2.45) is 5.92 Å². The summed E-state index contributed by atoms with van der Waals surface area (Å²) in [6, 6.07) is 21.3. The minimum absolute atomic E-state index is 0.0309. The number of aliphatic hydroxyl groups is 1. The maximum Gasteiger partial charge on any atom is 0.296 e. The molecule has 0 bridgehead atoms. The number of furan rings is 1. The molecule has 0 radical (unpaired) electrons. The number of hydrogen-bond acceptors (Lipinski definition) is 10. The zero-order chi connectivity index (χ0) is 32.4. The average molecular weight is 656 g/mol. The summed E-state index contributed by atoms with van der Waals surface area (Å²) < 4.78 is 18.0.